The van der Waals surface area contributed by atoms with Crippen molar-refractivity contribution in [1.29, 1.82) is 0 Å². The van der Waals surface area contributed by atoms with E-state index in [1.54, 1.807) is 24.3 Å². The lowest BCUT2D eigenvalue weighted by atomic mass is 9.88. The fourth-order valence-corrected chi connectivity index (χ4v) is 3.02. The first kappa shape index (κ1) is 17.2. The van der Waals surface area contributed by atoms with E-state index in [9.17, 15) is 8.42 Å². The predicted octanol–water partition coefficient (Wildman–Crippen LogP) is 4.31. The molecule has 0 atom stereocenters. The Balaban J connectivity index is 2.61. The largest absolute Gasteiger partial charge is 0.296 e. The average molecular weight is 298 g/mol. The van der Waals surface area contributed by atoms with E-state index in [1.165, 1.54) is 12.8 Å². The fraction of sp³-hybridized carbons (Fsp3) is 0.625. The van der Waals surface area contributed by atoms with Crippen molar-refractivity contribution in [2.75, 3.05) is 6.61 Å². The van der Waals surface area contributed by atoms with Crippen molar-refractivity contribution >= 4 is 10.1 Å². The molecule has 0 heterocycles. The molecule has 1 rings (SSSR count). The summed E-state index contributed by atoms with van der Waals surface area (Å²) in [4.78, 5) is 0.229. The Morgan fingerprint density at radius 1 is 1.10 bits per heavy atom. The molecule has 0 bridgehead atoms. The molecule has 0 aliphatic heterocycles. The zero-order valence-electron chi connectivity index (χ0n) is 13.0. The summed E-state index contributed by atoms with van der Waals surface area (Å²) >= 11 is 0. The van der Waals surface area contributed by atoms with Gasteiger partial charge in [-0.05, 0) is 30.9 Å². The van der Waals surface area contributed by atoms with E-state index in [2.05, 4.69) is 6.92 Å². The summed E-state index contributed by atoms with van der Waals surface area (Å²) < 4.78 is 29.4. The highest BCUT2D eigenvalue weighted by atomic mass is 32.2. The summed E-state index contributed by atoms with van der Waals surface area (Å²) in [5.41, 5.74) is 0.913. The number of aryl methyl sites for hydroxylation is 1. The quantitative estimate of drug-likeness (QED) is 0.530. The maximum atomic E-state index is 12.1. The first-order chi connectivity index (χ1) is 9.27. The van der Waals surface area contributed by atoms with Crippen LogP contribution in [0.2, 0.25) is 0 Å². The van der Waals surface area contributed by atoms with E-state index >= 15 is 0 Å². The lowest BCUT2D eigenvalue weighted by Gasteiger charge is -2.23. The summed E-state index contributed by atoms with van der Waals surface area (Å²) in [7, 11) is -3.64. The molecule has 0 spiro atoms. The first-order valence-electron chi connectivity index (χ1n) is 7.23. The Morgan fingerprint density at radius 2 is 1.70 bits per heavy atom. The molecule has 0 unspecified atom stereocenters. The van der Waals surface area contributed by atoms with Crippen LogP contribution in [0.5, 0.6) is 0 Å². The van der Waals surface area contributed by atoms with Gasteiger partial charge in [-0.3, -0.25) is 4.18 Å². The van der Waals surface area contributed by atoms with Gasteiger partial charge in [0.25, 0.3) is 10.1 Å². The zero-order chi connectivity index (χ0) is 15.2. The molecule has 0 N–H and O–H groups in total. The van der Waals surface area contributed by atoms with Gasteiger partial charge in [0.2, 0.25) is 0 Å². The van der Waals surface area contributed by atoms with Gasteiger partial charge in [-0.15, -0.1) is 0 Å². The zero-order valence-corrected chi connectivity index (χ0v) is 13.8. The summed E-state index contributed by atoms with van der Waals surface area (Å²) in [6.45, 7) is 8.41. The van der Waals surface area contributed by atoms with Gasteiger partial charge in [-0.2, -0.15) is 8.42 Å². The smallest absolute Gasteiger partial charge is 0.266 e. The Bertz CT molecular complexity index is 501. The van der Waals surface area contributed by atoms with Crippen molar-refractivity contribution in [1.82, 2.24) is 0 Å². The van der Waals surface area contributed by atoms with Gasteiger partial charge >= 0.3 is 0 Å². The van der Waals surface area contributed by atoms with Crippen LogP contribution in [0.4, 0.5) is 0 Å². The summed E-state index contributed by atoms with van der Waals surface area (Å²) in [6, 6.07) is 6.74. The van der Waals surface area contributed by atoms with Crippen LogP contribution in [0.1, 0.15) is 52.0 Å². The van der Waals surface area contributed by atoms with Crippen molar-refractivity contribution in [3.63, 3.8) is 0 Å². The molecule has 114 valence electrons. The van der Waals surface area contributed by atoms with Crippen molar-refractivity contribution in [3.8, 4) is 0 Å². The Labute approximate surface area is 123 Å². The van der Waals surface area contributed by atoms with Crippen LogP contribution in [-0.4, -0.2) is 15.0 Å². The van der Waals surface area contributed by atoms with E-state index in [1.807, 2.05) is 20.8 Å². The third-order valence-corrected chi connectivity index (χ3v) is 4.65. The molecule has 0 aliphatic carbocycles. The van der Waals surface area contributed by atoms with Crippen LogP contribution >= 0.6 is 0 Å². The van der Waals surface area contributed by atoms with Crippen molar-refractivity contribution in [2.24, 2.45) is 5.41 Å². The molecule has 0 saturated carbocycles. The second-order valence-electron chi connectivity index (χ2n) is 6.15. The van der Waals surface area contributed by atoms with Gasteiger partial charge in [0.15, 0.2) is 0 Å². The van der Waals surface area contributed by atoms with Crippen molar-refractivity contribution in [3.05, 3.63) is 29.8 Å². The number of rotatable bonds is 8. The first-order valence-corrected chi connectivity index (χ1v) is 8.64. The van der Waals surface area contributed by atoms with Gasteiger partial charge in [0.05, 0.1) is 11.5 Å². The lowest BCUT2D eigenvalue weighted by molar-refractivity contribution is 0.171. The summed E-state index contributed by atoms with van der Waals surface area (Å²) in [5.74, 6) is 0. The van der Waals surface area contributed by atoms with Gasteiger partial charge in [0.1, 0.15) is 0 Å². The number of hydrogen-bond acceptors (Lipinski definition) is 3. The van der Waals surface area contributed by atoms with Crippen LogP contribution < -0.4 is 0 Å². The molecule has 0 amide bonds. The van der Waals surface area contributed by atoms with Crippen LogP contribution in [0.3, 0.4) is 0 Å². The molecule has 1 aromatic carbocycles. The Hall–Kier alpha value is -0.870. The monoisotopic (exact) mass is 298 g/mol. The average Bonchev–Trinajstić information content (AvgIpc) is 2.37. The molecule has 1 aromatic rings. The van der Waals surface area contributed by atoms with Gasteiger partial charge in [-0.1, -0.05) is 57.7 Å². The summed E-state index contributed by atoms with van der Waals surface area (Å²) in [5, 5.41) is 0. The molecule has 20 heavy (non-hydrogen) atoms. The summed E-state index contributed by atoms with van der Waals surface area (Å²) in [6.07, 6.45) is 4.43. The minimum atomic E-state index is -3.64. The maximum absolute atomic E-state index is 12.1. The molecule has 0 fully saturated rings. The van der Waals surface area contributed by atoms with Crippen LogP contribution in [0, 0.1) is 12.3 Å². The van der Waals surface area contributed by atoms with E-state index < -0.39 is 10.1 Å². The number of hydrogen-bond donors (Lipinski definition) is 0. The second kappa shape index (κ2) is 7.23. The van der Waals surface area contributed by atoms with Crippen LogP contribution in [0.15, 0.2) is 29.2 Å². The van der Waals surface area contributed by atoms with Crippen LogP contribution in [-0.2, 0) is 14.3 Å². The number of unbranched alkanes of at least 4 members (excludes halogenated alkanes) is 2. The minimum Gasteiger partial charge on any atom is -0.266 e. The van der Waals surface area contributed by atoms with E-state index in [-0.39, 0.29) is 16.9 Å². The molecule has 0 radical (unpaired) electrons. The Kier molecular flexibility index (Phi) is 6.21. The van der Waals surface area contributed by atoms with Gasteiger partial charge in [0, 0.05) is 0 Å². The normalized spacial score (nSPS) is 12.6. The van der Waals surface area contributed by atoms with Crippen molar-refractivity contribution in [2.45, 2.75) is 58.3 Å². The third-order valence-electron chi connectivity index (χ3n) is 3.37. The predicted molar refractivity (Wildman–Crippen MR) is 82.2 cm³/mol. The molecule has 0 aromatic heterocycles. The molecular weight excluding hydrogens is 272 g/mol. The standard InChI is InChI=1S/C16H26O3S/c1-5-6-7-12-16(3,4)13-19-20(17,18)15-10-8-14(2)9-11-15/h8-11H,5-7,12-13H2,1-4H3. The molecular formula is C16H26O3S. The minimum absolute atomic E-state index is 0.118. The highest BCUT2D eigenvalue weighted by Gasteiger charge is 2.23. The second-order valence-corrected chi connectivity index (χ2v) is 7.77. The highest BCUT2D eigenvalue weighted by molar-refractivity contribution is 7.86. The number of benzene rings is 1. The van der Waals surface area contributed by atoms with Gasteiger partial charge < -0.3 is 0 Å². The molecule has 0 aliphatic rings. The highest BCUT2D eigenvalue weighted by Crippen LogP contribution is 2.26. The Morgan fingerprint density at radius 3 is 2.25 bits per heavy atom. The van der Waals surface area contributed by atoms with Gasteiger partial charge in [-0.25, -0.2) is 0 Å². The van der Waals surface area contributed by atoms with E-state index in [0.29, 0.717) is 0 Å². The van der Waals surface area contributed by atoms with Crippen LogP contribution in [0.25, 0.3) is 0 Å². The third kappa shape index (κ3) is 5.63. The fourth-order valence-electron chi connectivity index (χ4n) is 1.94. The van der Waals surface area contributed by atoms with E-state index in [4.69, 9.17) is 4.18 Å². The van der Waals surface area contributed by atoms with Crippen molar-refractivity contribution < 1.29 is 12.6 Å². The molecule has 3 nitrogen and oxygen atoms in total. The molecule has 0 saturated heterocycles. The lowest BCUT2D eigenvalue weighted by Crippen LogP contribution is -2.22. The SMILES string of the molecule is CCCCCC(C)(C)COS(=O)(=O)c1ccc(C)cc1. The van der Waals surface area contributed by atoms with E-state index in [0.717, 1.165) is 18.4 Å². The molecule has 4 heteroatoms. The maximum Gasteiger partial charge on any atom is 0.296 e. The topological polar surface area (TPSA) is 43.4 Å².